The van der Waals surface area contributed by atoms with Crippen LogP contribution in [-0.4, -0.2) is 19.8 Å². The van der Waals surface area contributed by atoms with Crippen LogP contribution >= 0.6 is 0 Å². The molecule has 20 heavy (non-hydrogen) atoms. The summed E-state index contributed by atoms with van der Waals surface area (Å²) < 4.78 is 7.21. The second kappa shape index (κ2) is 5.30. The number of nitrogens with zero attached hydrogens (tertiary/aromatic N) is 3. The zero-order valence-electron chi connectivity index (χ0n) is 11.5. The van der Waals surface area contributed by atoms with Crippen LogP contribution in [-0.2, 0) is 13.7 Å². The van der Waals surface area contributed by atoms with E-state index < -0.39 is 4.92 Å². The number of nitro benzene ring substituents is 1. The molecule has 7 nitrogen and oxygen atoms in total. The van der Waals surface area contributed by atoms with E-state index in [1.807, 2.05) is 0 Å². The van der Waals surface area contributed by atoms with E-state index in [1.54, 1.807) is 33.0 Å². The van der Waals surface area contributed by atoms with Crippen molar-refractivity contribution in [2.75, 3.05) is 0 Å². The number of ether oxygens (including phenoxy) is 1. The Morgan fingerprint density at radius 1 is 1.45 bits per heavy atom. The van der Waals surface area contributed by atoms with Crippen LogP contribution in [0.25, 0.3) is 0 Å². The zero-order chi connectivity index (χ0) is 14.9. The summed E-state index contributed by atoms with van der Waals surface area (Å²) in [5, 5.41) is 24.4. The summed E-state index contributed by atoms with van der Waals surface area (Å²) in [6, 6.07) is 4.62. The van der Waals surface area contributed by atoms with Crippen molar-refractivity contribution in [3.05, 3.63) is 45.1 Å². The number of aryl methyl sites for hydroxylation is 2. The van der Waals surface area contributed by atoms with Crippen molar-refractivity contribution in [1.29, 1.82) is 0 Å². The number of aliphatic hydroxyl groups is 1. The third-order valence-corrected chi connectivity index (χ3v) is 3.11. The van der Waals surface area contributed by atoms with E-state index in [0.29, 0.717) is 28.5 Å². The fourth-order valence-corrected chi connectivity index (χ4v) is 2.01. The molecule has 2 aromatic rings. The van der Waals surface area contributed by atoms with Crippen LogP contribution in [0, 0.1) is 24.0 Å². The highest BCUT2D eigenvalue weighted by molar-refractivity contribution is 5.50. The van der Waals surface area contributed by atoms with Gasteiger partial charge in [0.15, 0.2) is 0 Å². The minimum absolute atomic E-state index is 0.00746. The van der Waals surface area contributed by atoms with E-state index in [4.69, 9.17) is 4.74 Å². The van der Waals surface area contributed by atoms with E-state index >= 15 is 0 Å². The molecule has 0 atom stereocenters. The normalized spacial score (nSPS) is 10.6. The van der Waals surface area contributed by atoms with Gasteiger partial charge in [0.1, 0.15) is 5.75 Å². The van der Waals surface area contributed by atoms with E-state index in [2.05, 4.69) is 5.10 Å². The van der Waals surface area contributed by atoms with Crippen molar-refractivity contribution >= 4 is 5.69 Å². The first-order valence-electron chi connectivity index (χ1n) is 6.01. The predicted molar refractivity (Wildman–Crippen MR) is 71.8 cm³/mol. The van der Waals surface area contributed by atoms with E-state index in [9.17, 15) is 15.2 Å². The maximum atomic E-state index is 10.9. The largest absolute Gasteiger partial charge is 0.438 e. The fourth-order valence-electron chi connectivity index (χ4n) is 2.01. The molecular formula is C13H15N3O4. The quantitative estimate of drug-likeness (QED) is 0.683. The molecule has 0 aliphatic rings. The molecule has 0 unspecified atom stereocenters. The van der Waals surface area contributed by atoms with Crippen molar-refractivity contribution in [1.82, 2.24) is 9.78 Å². The highest BCUT2D eigenvalue weighted by atomic mass is 16.6. The highest BCUT2D eigenvalue weighted by Crippen LogP contribution is 2.33. The molecule has 0 fully saturated rings. The van der Waals surface area contributed by atoms with E-state index in [1.165, 1.54) is 10.7 Å². The molecular weight excluding hydrogens is 262 g/mol. The first kappa shape index (κ1) is 14.0. The molecule has 1 aromatic heterocycles. The van der Waals surface area contributed by atoms with Gasteiger partial charge >= 0.3 is 0 Å². The fraction of sp³-hybridized carbons (Fsp3) is 0.308. The molecule has 0 aliphatic carbocycles. The van der Waals surface area contributed by atoms with Crippen LogP contribution in [0.3, 0.4) is 0 Å². The monoisotopic (exact) mass is 277 g/mol. The summed E-state index contributed by atoms with van der Waals surface area (Å²) in [7, 11) is 1.69. The van der Waals surface area contributed by atoms with Gasteiger partial charge in [-0.2, -0.15) is 5.10 Å². The maximum absolute atomic E-state index is 10.9. The third-order valence-electron chi connectivity index (χ3n) is 3.11. The summed E-state index contributed by atoms with van der Waals surface area (Å²) in [5.74, 6) is 0.755. The smallest absolute Gasteiger partial charge is 0.276 e. The van der Waals surface area contributed by atoms with Gasteiger partial charge in [-0.05, 0) is 19.9 Å². The number of benzene rings is 1. The number of aliphatic hydroxyl groups excluding tert-OH is 1. The topological polar surface area (TPSA) is 90.4 Å². The molecule has 1 heterocycles. The standard InChI is InChI=1S/C13H15N3O4/c1-8-11(16(18)19)5-4-6-12(8)20-13-10(7-17)9(2)14-15(13)3/h4-6,17H,7H2,1-3H3. The number of rotatable bonds is 4. The van der Waals surface area contributed by atoms with Gasteiger partial charge in [-0.1, -0.05) is 6.07 Å². The lowest BCUT2D eigenvalue weighted by molar-refractivity contribution is -0.385. The lowest BCUT2D eigenvalue weighted by Gasteiger charge is -2.10. The Hall–Kier alpha value is -2.41. The number of hydrogen-bond acceptors (Lipinski definition) is 5. The van der Waals surface area contributed by atoms with Crippen molar-refractivity contribution in [2.24, 2.45) is 7.05 Å². The molecule has 0 spiro atoms. The van der Waals surface area contributed by atoms with Crippen LogP contribution in [0.1, 0.15) is 16.8 Å². The Morgan fingerprint density at radius 3 is 2.75 bits per heavy atom. The van der Waals surface area contributed by atoms with Crippen molar-refractivity contribution in [3.8, 4) is 11.6 Å². The Bertz CT molecular complexity index is 664. The number of aromatic nitrogens is 2. The Morgan fingerprint density at radius 2 is 2.15 bits per heavy atom. The molecule has 106 valence electrons. The van der Waals surface area contributed by atoms with Gasteiger partial charge < -0.3 is 9.84 Å². The van der Waals surface area contributed by atoms with Gasteiger partial charge in [-0.3, -0.25) is 10.1 Å². The molecule has 2 rings (SSSR count). The van der Waals surface area contributed by atoms with Crippen LogP contribution in [0.15, 0.2) is 18.2 Å². The van der Waals surface area contributed by atoms with Crippen LogP contribution in [0.2, 0.25) is 0 Å². The summed E-state index contributed by atoms with van der Waals surface area (Å²) in [6.07, 6.45) is 0. The van der Waals surface area contributed by atoms with Crippen molar-refractivity contribution in [3.63, 3.8) is 0 Å². The minimum Gasteiger partial charge on any atom is -0.438 e. The molecule has 0 aliphatic heterocycles. The van der Waals surface area contributed by atoms with Crippen LogP contribution in [0.5, 0.6) is 11.6 Å². The molecule has 0 amide bonds. The van der Waals surface area contributed by atoms with Crippen molar-refractivity contribution in [2.45, 2.75) is 20.5 Å². The summed E-state index contributed by atoms with van der Waals surface area (Å²) >= 11 is 0. The summed E-state index contributed by atoms with van der Waals surface area (Å²) in [5.41, 5.74) is 1.65. The SMILES string of the molecule is Cc1nn(C)c(Oc2cccc([N+](=O)[O-])c2C)c1CO. The second-order valence-electron chi connectivity index (χ2n) is 4.41. The van der Waals surface area contributed by atoms with Gasteiger partial charge in [-0.15, -0.1) is 0 Å². The molecule has 1 aromatic carbocycles. The maximum Gasteiger partial charge on any atom is 0.276 e. The Kier molecular flexibility index (Phi) is 3.71. The zero-order valence-corrected chi connectivity index (χ0v) is 11.5. The van der Waals surface area contributed by atoms with Gasteiger partial charge in [0, 0.05) is 13.1 Å². The second-order valence-corrected chi connectivity index (χ2v) is 4.41. The number of nitro groups is 1. The van der Waals surface area contributed by atoms with Gasteiger partial charge in [0.05, 0.1) is 28.4 Å². The first-order chi connectivity index (χ1) is 9.45. The Labute approximate surface area is 115 Å². The van der Waals surface area contributed by atoms with Crippen molar-refractivity contribution < 1.29 is 14.8 Å². The van der Waals surface area contributed by atoms with Crippen LogP contribution in [0.4, 0.5) is 5.69 Å². The number of hydrogen-bond donors (Lipinski definition) is 1. The lowest BCUT2D eigenvalue weighted by atomic mass is 10.2. The van der Waals surface area contributed by atoms with Gasteiger partial charge in [0.25, 0.3) is 5.69 Å². The molecule has 7 heteroatoms. The lowest BCUT2D eigenvalue weighted by Crippen LogP contribution is -2.00. The van der Waals surface area contributed by atoms with E-state index in [-0.39, 0.29) is 12.3 Å². The van der Waals surface area contributed by atoms with Gasteiger partial charge in [0.2, 0.25) is 5.88 Å². The minimum atomic E-state index is -0.455. The molecule has 0 saturated heterocycles. The van der Waals surface area contributed by atoms with E-state index in [0.717, 1.165) is 0 Å². The molecule has 0 saturated carbocycles. The summed E-state index contributed by atoms with van der Waals surface area (Å²) in [4.78, 5) is 10.5. The molecule has 0 radical (unpaired) electrons. The average Bonchev–Trinajstić information content (AvgIpc) is 2.65. The third kappa shape index (κ3) is 2.35. The van der Waals surface area contributed by atoms with Crippen LogP contribution < -0.4 is 4.74 Å². The highest BCUT2D eigenvalue weighted by Gasteiger charge is 2.19. The first-order valence-corrected chi connectivity index (χ1v) is 6.01. The Balaban J connectivity index is 2.46. The molecule has 1 N–H and O–H groups in total. The predicted octanol–water partition coefficient (Wildman–Crippen LogP) is 2.23. The van der Waals surface area contributed by atoms with Gasteiger partial charge in [-0.25, -0.2) is 4.68 Å². The summed E-state index contributed by atoms with van der Waals surface area (Å²) in [6.45, 7) is 3.18. The average molecular weight is 277 g/mol. The molecule has 0 bridgehead atoms.